The highest BCUT2D eigenvalue weighted by Crippen LogP contribution is 2.43. The number of carbonyl (C=O) groups excluding carboxylic acids is 5. The van der Waals surface area contributed by atoms with Crippen molar-refractivity contribution in [3.63, 3.8) is 0 Å². The van der Waals surface area contributed by atoms with Gasteiger partial charge in [-0.05, 0) is 66.6 Å². The van der Waals surface area contributed by atoms with E-state index < -0.39 is 83.4 Å². The SMILES string of the molecule is C=C1C(=O)[C@H](C)C[C@@](C)(OC)[C@H](O[C@@H]2O[C@H](C)C[C@H](N(C)C)[C@H]2OC(C)=O)[C@@H](C)C(=O)[C@@H](C)C(=O)O[C@H](CC)[C@@]2(C)OC(=O)N(Cc3ccccc3)[C@H]12. The number of ether oxygens (including phenoxy) is 6. The number of rotatable bonds is 8. The Morgan fingerprint density at radius 1 is 1.06 bits per heavy atom. The monoisotopic (exact) mass is 742 g/mol. The van der Waals surface area contributed by atoms with Gasteiger partial charge in [0.15, 0.2) is 29.6 Å². The van der Waals surface area contributed by atoms with Crippen LogP contribution in [-0.4, -0.2) is 115 Å². The molecule has 1 aromatic rings. The number of likely N-dealkylation sites (N-methyl/N-ethyl adjacent to an activating group) is 1. The van der Waals surface area contributed by atoms with Crippen LogP contribution in [0.1, 0.15) is 80.2 Å². The van der Waals surface area contributed by atoms with Crippen LogP contribution in [0.25, 0.3) is 0 Å². The van der Waals surface area contributed by atoms with Crippen LogP contribution in [0, 0.1) is 17.8 Å². The molecule has 0 unspecified atom stereocenters. The molecule has 3 aliphatic heterocycles. The van der Waals surface area contributed by atoms with Gasteiger partial charge < -0.3 is 33.3 Å². The molecule has 0 saturated carbocycles. The van der Waals surface area contributed by atoms with E-state index in [-0.39, 0.29) is 42.9 Å². The van der Waals surface area contributed by atoms with Crippen LogP contribution in [0.3, 0.4) is 0 Å². The number of nitrogens with zero attached hydrogens (tertiary/aromatic N) is 2. The van der Waals surface area contributed by atoms with Gasteiger partial charge in [0.2, 0.25) is 0 Å². The number of cyclic esters (lactones) is 1. The van der Waals surface area contributed by atoms with Gasteiger partial charge in [-0.3, -0.25) is 24.1 Å². The Kier molecular flexibility index (Phi) is 13.3. The molecule has 3 fully saturated rings. The molecule has 0 spiro atoms. The molecule has 1 amide bonds. The molecule has 53 heavy (non-hydrogen) atoms. The second-order valence-corrected chi connectivity index (χ2v) is 15.5. The van der Waals surface area contributed by atoms with E-state index in [1.165, 1.54) is 25.9 Å². The lowest BCUT2D eigenvalue weighted by atomic mass is 9.75. The first-order chi connectivity index (χ1) is 24.8. The van der Waals surface area contributed by atoms with Crippen LogP contribution >= 0.6 is 0 Å². The average molecular weight is 743 g/mol. The average Bonchev–Trinajstić information content (AvgIpc) is 3.36. The molecule has 0 aliphatic carbocycles. The van der Waals surface area contributed by atoms with Crippen LogP contribution in [0.4, 0.5) is 4.79 Å². The lowest BCUT2D eigenvalue weighted by Gasteiger charge is -2.47. The quantitative estimate of drug-likeness (QED) is 0.155. The maximum absolute atomic E-state index is 14.5. The molecule has 3 saturated heterocycles. The van der Waals surface area contributed by atoms with Crippen molar-refractivity contribution in [2.24, 2.45) is 17.8 Å². The fourth-order valence-corrected chi connectivity index (χ4v) is 8.30. The van der Waals surface area contributed by atoms with Crippen LogP contribution in [-0.2, 0) is 54.1 Å². The van der Waals surface area contributed by atoms with Gasteiger partial charge in [0, 0.05) is 38.0 Å². The van der Waals surface area contributed by atoms with Crippen LogP contribution in [0.5, 0.6) is 0 Å². The number of benzene rings is 1. The molecule has 13 heteroatoms. The number of carbonyl (C=O) groups is 5. The lowest BCUT2D eigenvalue weighted by Crippen LogP contribution is -2.60. The van der Waals surface area contributed by atoms with E-state index in [4.69, 9.17) is 28.4 Å². The van der Waals surface area contributed by atoms with Crippen molar-refractivity contribution in [1.29, 1.82) is 0 Å². The molecule has 0 radical (unpaired) electrons. The minimum atomic E-state index is -1.51. The van der Waals surface area contributed by atoms with Crippen molar-refractivity contribution in [2.45, 2.75) is 135 Å². The maximum Gasteiger partial charge on any atom is 0.411 e. The van der Waals surface area contributed by atoms with Crippen molar-refractivity contribution in [1.82, 2.24) is 9.80 Å². The molecule has 1 aromatic carbocycles. The van der Waals surface area contributed by atoms with Crippen LogP contribution in [0.15, 0.2) is 42.5 Å². The summed E-state index contributed by atoms with van der Waals surface area (Å²) in [7, 11) is 5.20. The summed E-state index contributed by atoms with van der Waals surface area (Å²) in [6.45, 7) is 17.5. The fourth-order valence-electron chi connectivity index (χ4n) is 8.30. The van der Waals surface area contributed by atoms with Crippen molar-refractivity contribution < 1.29 is 52.4 Å². The van der Waals surface area contributed by atoms with Gasteiger partial charge in [-0.2, -0.15) is 0 Å². The molecule has 0 bridgehead atoms. The predicted octanol–water partition coefficient (Wildman–Crippen LogP) is 4.88. The third-order valence-electron chi connectivity index (χ3n) is 11.3. The van der Waals surface area contributed by atoms with Crippen molar-refractivity contribution in [3.8, 4) is 0 Å². The second kappa shape index (κ2) is 16.8. The Morgan fingerprint density at radius 3 is 2.26 bits per heavy atom. The number of esters is 2. The van der Waals surface area contributed by atoms with Gasteiger partial charge in [0.05, 0.1) is 23.9 Å². The Labute approximate surface area is 313 Å². The smallest absolute Gasteiger partial charge is 0.411 e. The van der Waals surface area contributed by atoms with E-state index in [1.807, 2.05) is 56.3 Å². The molecular weight excluding hydrogens is 684 g/mol. The van der Waals surface area contributed by atoms with Gasteiger partial charge in [0.25, 0.3) is 0 Å². The summed E-state index contributed by atoms with van der Waals surface area (Å²) in [5.74, 6) is -5.22. The first kappa shape index (κ1) is 42.1. The molecule has 12 atom stereocenters. The lowest BCUT2D eigenvalue weighted by molar-refractivity contribution is -0.297. The Hall–Kier alpha value is -3.65. The van der Waals surface area contributed by atoms with Crippen LogP contribution in [0.2, 0.25) is 0 Å². The Balaban J connectivity index is 1.82. The third-order valence-corrected chi connectivity index (χ3v) is 11.3. The summed E-state index contributed by atoms with van der Waals surface area (Å²) in [4.78, 5) is 72.2. The number of hydrogen-bond acceptors (Lipinski definition) is 12. The normalized spacial score (nSPS) is 37.5. The summed E-state index contributed by atoms with van der Waals surface area (Å²) >= 11 is 0. The van der Waals surface area contributed by atoms with E-state index in [0.29, 0.717) is 6.42 Å². The molecule has 3 aliphatic rings. The largest absolute Gasteiger partial charge is 0.457 e. The van der Waals surface area contributed by atoms with Gasteiger partial charge in [-0.1, -0.05) is 57.7 Å². The molecule has 0 N–H and O–H groups in total. The van der Waals surface area contributed by atoms with Gasteiger partial charge in [0.1, 0.15) is 18.1 Å². The van der Waals surface area contributed by atoms with E-state index in [2.05, 4.69) is 6.58 Å². The first-order valence-corrected chi connectivity index (χ1v) is 18.5. The van der Waals surface area contributed by atoms with Crippen molar-refractivity contribution in [2.75, 3.05) is 21.2 Å². The summed E-state index contributed by atoms with van der Waals surface area (Å²) in [6, 6.07) is 7.98. The number of fused-ring (bicyclic) bond motifs is 1. The summed E-state index contributed by atoms with van der Waals surface area (Å²) in [5.41, 5.74) is -1.94. The highest BCUT2D eigenvalue weighted by Gasteiger charge is 2.59. The molecular formula is C40H58N2O11. The van der Waals surface area contributed by atoms with E-state index in [0.717, 1.165) is 5.56 Å². The molecule has 4 rings (SSSR count). The standard InChI is InChI=1S/C40H58N2O11/c1-13-30-40(9)34(42(38(47)53-40)21-28-17-15-14-16-18-28)24(4)31(44)22(2)20-39(8,48-12)35(25(5)32(45)26(6)36(46)51-30)52-37-33(50-27(7)43)29(41(10)11)19-23(3)49-37/h14-18,22-23,25-26,29-30,33-35,37H,4,13,19-21H2,1-3,5-12H3/t22-,23-,25+,26-,29+,30-,33-,34-,35-,37+,39-,40-/m1/s1. The van der Waals surface area contributed by atoms with Crippen molar-refractivity contribution >= 4 is 29.6 Å². The molecule has 13 nitrogen and oxygen atoms in total. The van der Waals surface area contributed by atoms with Gasteiger partial charge >= 0.3 is 18.0 Å². The summed E-state index contributed by atoms with van der Waals surface area (Å²) < 4.78 is 37.0. The zero-order chi connectivity index (χ0) is 39.6. The fraction of sp³-hybridized carbons (Fsp3) is 0.675. The number of amides is 1. The molecule has 3 heterocycles. The first-order valence-electron chi connectivity index (χ1n) is 18.5. The van der Waals surface area contributed by atoms with Gasteiger partial charge in [-0.15, -0.1) is 0 Å². The third kappa shape index (κ3) is 8.69. The highest BCUT2D eigenvalue weighted by molar-refractivity contribution is 6.01. The molecule has 0 aromatic heterocycles. The Bertz CT molecular complexity index is 1530. The van der Waals surface area contributed by atoms with Crippen LogP contribution < -0.4 is 0 Å². The van der Waals surface area contributed by atoms with E-state index >= 15 is 0 Å². The minimum Gasteiger partial charge on any atom is -0.457 e. The zero-order valence-corrected chi connectivity index (χ0v) is 33.1. The predicted molar refractivity (Wildman–Crippen MR) is 194 cm³/mol. The number of Topliss-reactive ketones (excluding diaryl/α,β-unsaturated/α-hetero) is 2. The van der Waals surface area contributed by atoms with Crippen molar-refractivity contribution in [3.05, 3.63) is 48.0 Å². The summed E-state index contributed by atoms with van der Waals surface area (Å²) in [5, 5.41) is 0. The summed E-state index contributed by atoms with van der Waals surface area (Å²) in [6.07, 6.45) is -4.29. The van der Waals surface area contributed by atoms with Gasteiger partial charge in [-0.25, -0.2) is 4.79 Å². The second-order valence-electron chi connectivity index (χ2n) is 15.5. The minimum absolute atomic E-state index is 0.0498. The van der Waals surface area contributed by atoms with E-state index in [1.54, 1.807) is 34.6 Å². The highest BCUT2D eigenvalue weighted by atomic mass is 16.7. The topological polar surface area (TPSA) is 147 Å². The maximum atomic E-state index is 14.5. The number of hydrogen-bond donors (Lipinski definition) is 0. The molecule has 294 valence electrons. The number of ketones is 2. The Morgan fingerprint density at radius 2 is 1.70 bits per heavy atom. The zero-order valence-electron chi connectivity index (χ0n) is 33.1. The number of methoxy groups -OCH3 is 1. The van der Waals surface area contributed by atoms with E-state index in [9.17, 15) is 24.0 Å².